The number of benzene rings is 2. The average Bonchev–Trinajstić information content (AvgIpc) is 2.39. The maximum absolute atomic E-state index is 7.94. The van der Waals surface area contributed by atoms with Crippen LogP contribution in [0.2, 0.25) is 0 Å². The van der Waals surface area contributed by atoms with Gasteiger partial charge in [0.1, 0.15) is 5.84 Å². The minimum Gasteiger partial charge on any atom is -0.383 e. The number of nitrogens with zero attached hydrogens (tertiary/aromatic N) is 1. The van der Waals surface area contributed by atoms with E-state index in [4.69, 9.17) is 11.1 Å². The molecular formula is C15H15N3. The first-order valence-corrected chi connectivity index (χ1v) is 5.72. The molecule has 0 radical (unpaired) electrons. The van der Waals surface area contributed by atoms with Gasteiger partial charge in [-0.25, -0.2) is 4.99 Å². The molecule has 0 aliphatic carbocycles. The molecule has 90 valence electrons. The molecule has 0 bridgehead atoms. The molecule has 0 aliphatic rings. The summed E-state index contributed by atoms with van der Waals surface area (Å²) in [6.07, 6.45) is 0. The zero-order chi connectivity index (χ0) is 13.0. The van der Waals surface area contributed by atoms with Gasteiger partial charge in [0.25, 0.3) is 0 Å². The number of hydrogen-bond donors (Lipinski definition) is 2. The van der Waals surface area contributed by atoms with Crippen molar-refractivity contribution in [2.75, 3.05) is 0 Å². The average molecular weight is 237 g/mol. The van der Waals surface area contributed by atoms with E-state index in [1.54, 1.807) is 0 Å². The SMILES string of the molecule is Cc1cccc(C(=N)N=C(N)c2ccccc2)c1. The number of aryl methyl sites for hydroxylation is 1. The van der Waals surface area contributed by atoms with Crippen LogP contribution in [0.25, 0.3) is 0 Å². The van der Waals surface area contributed by atoms with Crippen molar-refractivity contribution in [3.05, 3.63) is 71.3 Å². The fourth-order valence-electron chi connectivity index (χ4n) is 1.65. The molecule has 0 unspecified atom stereocenters. The second-order valence-corrected chi connectivity index (χ2v) is 4.08. The predicted molar refractivity (Wildman–Crippen MR) is 75.2 cm³/mol. The summed E-state index contributed by atoms with van der Waals surface area (Å²) in [6.45, 7) is 1.99. The molecule has 0 atom stereocenters. The highest BCUT2D eigenvalue weighted by molar-refractivity contribution is 6.09. The Morgan fingerprint density at radius 2 is 1.67 bits per heavy atom. The van der Waals surface area contributed by atoms with Crippen LogP contribution in [0.15, 0.2) is 59.6 Å². The van der Waals surface area contributed by atoms with E-state index in [2.05, 4.69) is 4.99 Å². The molecule has 0 heterocycles. The van der Waals surface area contributed by atoms with Crippen molar-refractivity contribution in [3.8, 4) is 0 Å². The van der Waals surface area contributed by atoms with Crippen LogP contribution in [0, 0.1) is 12.3 Å². The van der Waals surface area contributed by atoms with E-state index in [0.717, 1.165) is 16.7 Å². The van der Waals surface area contributed by atoms with Crippen molar-refractivity contribution in [2.45, 2.75) is 6.92 Å². The van der Waals surface area contributed by atoms with Gasteiger partial charge in [0, 0.05) is 11.1 Å². The molecule has 0 aromatic heterocycles. The normalized spacial score (nSPS) is 11.3. The van der Waals surface area contributed by atoms with E-state index in [0.29, 0.717) is 5.84 Å². The lowest BCUT2D eigenvalue weighted by molar-refractivity contribution is 1.37. The molecule has 0 saturated carbocycles. The lowest BCUT2D eigenvalue weighted by atomic mass is 10.1. The van der Waals surface area contributed by atoms with E-state index in [9.17, 15) is 0 Å². The first-order chi connectivity index (χ1) is 8.66. The Hall–Kier alpha value is -2.42. The number of rotatable bonds is 2. The highest BCUT2D eigenvalue weighted by atomic mass is 14.9. The molecular weight excluding hydrogens is 222 g/mol. The van der Waals surface area contributed by atoms with Crippen molar-refractivity contribution in [2.24, 2.45) is 10.7 Å². The van der Waals surface area contributed by atoms with Gasteiger partial charge < -0.3 is 5.73 Å². The smallest absolute Gasteiger partial charge is 0.154 e. The molecule has 3 heteroatoms. The number of nitrogens with one attached hydrogen (secondary N) is 1. The van der Waals surface area contributed by atoms with Gasteiger partial charge in [-0.3, -0.25) is 5.41 Å². The van der Waals surface area contributed by atoms with Crippen molar-refractivity contribution in [1.29, 1.82) is 5.41 Å². The summed E-state index contributed by atoms with van der Waals surface area (Å²) in [4.78, 5) is 4.14. The lowest BCUT2D eigenvalue weighted by Gasteiger charge is -2.03. The third-order valence-electron chi connectivity index (χ3n) is 2.59. The van der Waals surface area contributed by atoms with E-state index in [1.807, 2.05) is 61.5 Å². The first-order valence-electron chi connectivity index (χ1n) is 5.72. The summed E-state index contributed by atoms with van der Waals surface area (Å²) in [5.41, 5.74) is 8.58. The number of aliphatic imine (C=N–C) groups is 1. The first kappa shape index (κ1) is 12.0. The Bertz CT molecular complexity index is 586. The largest absolute Gasteiger partial charge is 0.383 e. The van der Waals surface area contributed by atoms with Crippen LogP contribution in [0.4, 0.5) is 0 Å². The van der Waals surface area contributed by atoms with Gasteiger partial charge >= 0.3 is 0 Å². The summed E-state index contributed by atoms with van der Waals surface area (Å²) in [5, 5.41) is 7.94. The van der Waals surface area contributed by atoms with Gasteiger partial charge in [-0.1, -0.05) is 54.1 Å². The molecule has 0 spiro atoms. The van der Waals surface area contributed by atoms with Crippen LogP contribution >= 0.6 is 0 Å². The van der Waals surface area contributed by atoms with Crippen LogP contribution in [-0.2, 0) is 0 Å². The molecule has 18 heavy (non-hydrogen) atoms. The minimum atomic E-state index is 0.181. The van der Waals surface area contributed by atoms with Crippen molar-refractivity contribution in [1.82, 2.24) is 0 Å². The second kappa shape index (κ2) is 5.27. The Labute approximate surface area is 107 Å². The van der Waals surface area contributed by atoms with Crippen LogP contribution in [-0.4, -0.2) is 11.7 Å². The third-order valence-corrected chi connectivity index (χ3v) is 2.59. The molecule has 0 saturated heterocycles. The summed E-state index contributed by atoms with van der Waals surface area (Å²) >= 11 is 0. The molecule has 2 aromatic carbocycles. The molecule has 0 aliphatic heterocycles. The van der Waals surface area contributed by atoms with Crippen molar-refractivity contribution in [3.63, 3.8) is 0 Å². The monoisotopic (exact) mass is 237 g/mol. The fourth-order valence-corrected chi connectivity index (χ4v) is 1.65. The zero-order valence-corrected chi connectivity index (χ0v) is 10.2. The van der Waals surface area contributed by atoms with Crippen LogP contribution in [0.3, 0.4) is 0 Å². The summed E-state index contributed by atoms with van der Waals surface area (Å²) < 4.78 is 0. The van der Waals surface area contributed by atoms with Crippen LogP contribution in [0.5, 0.6) is 0 Å². The number of amidine groups is 2. The molecule has 0 amide bonds. The van der Waals surface area contributed by atoms with Crippen LogP contribution < -0.4 is 5.73 Å². The Kier molecular flexibility index (Phi) is 3.53. The quantitative estimate of drug-likeness (QED) is 0.612. The zero-order valence-electron chi connectivity index (χ0n) is 10.2. The van der Waals surface area contributed by atoms with Crippen molar-refractivity contribution >= 4 is 11.7 Å². The molecule has 3 nitrogen and oxygen atoms in total. The van der Waals surface area contributed by atoms with Gasteiger partial charge in [-0.05, 0) is 13.0 Å². The van der Waals surface area contributed by atoms with Crippen LogP contribution in [0.1, 0.15) is 16.7 Å². The third kappa shape index (κ3) is 2.83. The Morgan fingerprint density at radius 1 is 1.00 bits per heavy atom. The van der Waals surface area contributed by atoms with Gasteiger partial charge in [0.15, 0.2) is 5.84 Å². The molecule has 3 N–H and O–H groups in total. The number of hydrogen-bond acceptors (Lipinski definition) is 1. The second-order valence-electron chi connectivity index (χ2n) is 4.08. The Morgan fingerprint density at radius 3 is 2.33 bits per heavy atom. The molecule has 2 aromatic rings. The maximum Gasteiger partial charge on any atom is 0.154 e. The van der Waals surface area contributed by atoms with Gasteiger partial charge in [-0.15, -0.1) is 0 Å². The lowest BCUT2D eigenvalue weighted by Crippen LogP contribution is -2.15. The standard InChI is InChI=1S/C15H15N3/c1-11-6-5-9-13(10-11)15(17)18-14(16)12-7-3-2-4-8-12/h2-10H,1H3,(H3,16,17,18). The van der Waals surface area contributed by atoms with E-state index in [-0.39, 0.29) is 5.84 Å². The van der Waals surface area contributed by atoms with E-state index < -0.39 is 0 Å². The van der Waals surface area contributed by atoms with Crippen molar-refractivity contribution < 1.29 is 0 Å². The van der Waals surface area contributed by atoms with Gasteiger partial charge in [0.05, 0.1) is 0 Å². The molecule has 0 fully saturated rings. The van der Waals surface area contributed by atoms with Gasteiger partial charge in [-0.2, -0.15) is 0 Å². The molecule has 2 rings (SSSR count). The summed E-state index contributed by atoms with van der Waals surface area (Å²) in [5.74, 6) is 0.544. The maximum atomic E-state index is 7.94. The van der Waals surface area contributed by atoms with E-state index >= 15 is 0 Å². The topological polar surface area (TPSA) is 62.2 Å². The Balaban J connectivity index is 2.26. The number of nitrogens with two attached hydrogens (primary N) is 1. The predicted octanol–water partition coefficient (Wildman–Crippen LogP) is 2.73. The van der Waals surface area contributed by atoms with E-state index in [1.165, 1.54) is 0 Å². The van der Waals surface area contributed by atoms with Gasteiger partial charge in [0.2, 0.25) is 0 Å². The highest BCUT2D eigenvalue weighted by Gasteiger charge is 2.02. The highest BCUT2D eigenvalue weighted by Crippen LogP contribution is 2.06. The summed E-state index contributed by atoms with van der Waals surface area (Å²) in [6, 6.07) is 17.1. The fraction of sp³-hybridized carbons (Fsp3) is 0.0667. The minimum absolute atomic E-state index is 0.181. The summed E-state index contributed by atoms with van der Waals surface area (Å²) in [7, 11) is 0.